The van der Waals surface area contributed by atoms with E-state index in [1.54, 1.807) is 0 Å². The van der Waals surface area contributed by atoms with Crippen molar-refractivity contribution < 1.29 is 31.8 Å². The number of tetrazole rings is 1. The van der Waals surface area contributed by atoms with Crippen LogP contribution in [0, 0.1) is 28.8 Å². The fourth-order valence-corrected chi connectivity index (χ4v) is 3.44. The maximum Gasteiger partial charge on any atom is 0.323 e. The van der Waals surface area contributed by atoms with Crippen molar-refractivity contribution in [3.63, 3.8) is 0 Å². The van der Waals surface area contributed by atoms with Gasteiger partial charge in [0.1, 0.15) is 41.8 Å². The molecule has 0 aliphatic rings. The first-order valence-electron chi connectivity index (χ1n) is 10.2. The van der Waals surface area contributed by atoms with Gasteiger partial charge in [-0.05, 0) is 52.9 Å². The van der Waals surface area contributed by atoms with E-state index in [2.05, 4.69) is 20.5 Å². The predicted molar refractivity (Wildman–Crippen MR) is 112 cm³/mol. The Bertz CT molecular complexity index is 1410. The van der Waals surface area contributed by atoms with Gasteiger partial charge in [-0.25, -0.2) is 17.9 Å². The molecule has 2 aromatic heterocycles. The summed E-state index contributed by atoms with van der Waals surface area (Å²) in [6.07, 6.45) is 1.85. The third-order valence-electron chi connectivity index (χ3n) is 5.31. The van der Waals surface area contributed by atoms with E-state index in [4.69, 9.17) is 10.00 Å². The van der Waals surface area contributed by atoms with Crippen LogP contribution in [-0.2, 0) is 24.7 Å². The smallest absolute Gasteiger partial charge is 0.323 e. The van der Waals surface area contributed by atoms with Crippen molar-refractivity contribution in [2.75, 3.05) is 0 Å². The molecule has 0 aliphatic heterocycles. The van der Waals surface area contributed by atoms with E-state index >= 15 is 8.78 Å². The van der Waals surface area contributed by atoms with E-state index < -0.39 is 46.8 Å². The first kappa shape index (κ1) is 24.7. The number of hydrogen-bond acceptors (Lipinski definition) is 7. The molecule has 1 N–H and O–H groups in total. The summed E-state index contributed by atoms with van der Waals surface area (Å²) >= 11 is 0. The molecule has 2 heterocycles. The minimum atomic E-state index is -4.23. The summed E-state index contributed by atoms with van der Waals surface area (Å²) in [6, 6.07) is 9.25. The van der Waals surface area contributed by atoms with Crippen LogP contribution >= 0.6 is 0 Å². The van der Waals surface area contributed by atoms with Crippen LogP contribution in [0.4, 0.5) is 22.0 Å². The molecule has 1 unspecified atom stereocenters. The van der Waals surface area contributed by atoms with Gasteiger partial charge >= 0.3 is 5.92 Å². The number of aliphatic hydroxyl groups is 1. The molecule has 0 saturated heterocycles. The molecule has 0 bridgehead atoms. The molecule has 13 heteroatoms. The fraction of sp³-hybridized carbons (Fsp3) is 0.174. The number of benzene rings is 2. The number of nitriles is 1. The van der Waals surface area contributed by atoms with Gasteiger partial charge in [0, 0.05) is 17.2 Å². The van der Waals surface area contributed by atoms with E-state index in [0.29, 0.717) is 12.1 Å². The monoisotopic (exact) mass is 502 g/mol. The van der Waals surface area contributed by atoms with E-state index in [1.165, 1.54) is 12.1 Å². The van der Waals surface area contributed by atoms with Gasteiger partial charge in [-0.3, -0.25) is 4.98 Å². The number of hydrogen-bond donors (Lipinski definition) is 1. The first-order valence-corrected chi connectivity index (χ1v) is 10.2. The number of ether oxygens (including phenoxy) is 1. The van der Waals surface area contributed by atoms with E-state index in [1.807, 2.05) is 6.07 Å². The molecule has 0 radical (unpaired) electrons. The summed E-state index contributed by atoms with van der Waals surface area (Å²) in [5, 5.41) is 30.1. The highest BCUT2D eigenvalue weighted by atomic mass is 19.3. The highest BCUT2D eigenvalue weighted by Gasteiger charge is 2.58. The molecule has 8 nitrogen and oxygen atoms in total. The summed E-state index contributed by atoms with van der Waals surface area (Å²) in [7, 11) is 0. The minimum Gasteiger partial charge on any atom is -0.487 e. The quantitative estimate of drug-likeness (QED) is 0.367. The molecular weight excluding hydrogens is 487 g/mol. The zero-order chi connectivity index (χ0) is 25.9. The lowest BCUT2D eigenvalue weighted by molar-refractivity contribution is -0.207. The van der Waals surface area contributed by atoms with Gasteiger partial charge < -0.3 is 9.84 Å². The van der Waals surface area contributed by atoms with Crippen LogP contribution in [0.5, 0.6) is 5.75 Å². The molecule has 0 aliphatic carbocycles. The van der Waals surface area contributed by atoms with Crippen molar-refractivity contribution >= 4 is 0 Å². The fourth-order valence-electron chi connectivity index (χ4n) is 3.44. The summed E-state index contributed by atoms with van der Waals surface area (Å²) in [5.74, 6) is -7.32. The number of aromatic nitrogens is 5. The van der Waals surface area contributed by atoms with Crippen molar-refractivity contribution in [3.8, 4) is 11.8 Å². The minimum absolute atomic E-state index is 0.0201. The second-order valence-corrected chi connectivity index (χ2v) is 7.65. The molecule has 0 spiro atoms. The van der Waals surface area contributed by atoms with Crippen molar-refractivity contribution in [2.45, 2.75) is 24.7 Å². The first-order chi connectivity index (χ1) is 17.1. The molecule has 1 atom stereocenters. The molecular formula is C23H15F5N6O2. The molecule has 0 saturated carbocycles. The lowest BCUT2D eigenvalue weighted by Gasteiger charge is -2.35. The van der Waals surface area contributed by atoms with Crippen molar-refractivity contribution in [1.29, 1.82) is 5.26 Å². The maximum absolute atomic E-state index is 15.7. The zero-order valence-corrected chi connectivity index (χ0v) is 18.1. The van der Waals surface area contributed by atoms with Gasteiger partial charge in [-0.1, -0.05) is 0 Å². The van der Waals surface area contributed by atoms with E-state index in [9.17, 15) is 18.3 Å². The summed E-state index contributed by atoms with van der Waals surface area (Å²) in [4.78, 5) is 3.65. The van der Waals surface area contributed by atoms with Crippen LogP contribution < -0.4 is 4.74 Å². The van der Waals surface area contributed by atoms with Gasteiger partial charge in [-0.2, -0.15) is 14.0 Å². The van der Waals surface area contributed by atoms with Crippen LogP contribution in [0.2, 0.25) is 0 Å². The van der Waals surface area contributed by atoms with Crippen LogP contribution in [-0.4, -0.2) is 30.3 Å². The summed E-state index contributed by atoms with van der Waals surface area (Å²) < 4.78 is 79.5. The van der Waals surface area contributed by atoms with Crippen molar-refractivity contribution in [3.05, 3.63) is 101 Å². The highest BCUT2D eigenvalue weighted by molar-refractivity contribution is 5.35. The number of pyridine rings is 1. The largest absolute Gasteiger partial charge is 0.487 e. The van der Waals surface area contributed by atoms with Gasteiger partial charge in [0.15, 0.2) is 5.60 Å². The molecule has 36 heavy (non-hydrogen) atoms. The van der Waals surface area contributed by atoms with Crippen LogP contribution in [0.3, 0.4) is 0 Å². The summed E-state index contributed by atoms with van der Waals surface area (Å²) in [6.45, 7) is -1.31. The Morgan fingerprint density at radius 3 is 2.47 bits per heavy atom. The standard InChI is InChI=1S/C23H15F5N6O2/c24-16-2-4-18(20(26)8-16)22(35,12-34-13-31-32-33-34)23(27,28)21-6-3-17(10-30-21)36-11-15-7-14(9-29)1-5-19(15)25/h1-8,10,13,35H,11-12H2. The van der Waals surface area contributed by atoms with Crippen LogP contribution in [0.15, 0.2) is 61.1 Å². The lowest BCUT2D eigenvalue weighted by atomic mass is 9.84. The Balaban J connectivity index is 1.63. The molecule has 2 aromatic carbocycles. The highest BCUT2D eigenvalue weighted by Crippen LogP contribution is 2.46. The Morgan fingerprint density at radius 1 is 1.03 bits per heavy atom. The predicted octanol–water partition coefficient (Wildman–Crippen LogP) is 3.62. The van der Waals surface area contributed by atoms with Gasteiger partial charge in [0.05, 0.1) is 24.4 Å². The van der Waals surface area contributed by atoms with Crippen molar-refractivity contribution in [1.82, 2.24) is 25.2 Å². The second-order valence-electron chi connectivity index (χ2n) is 7.65. The molecule has 184 valence electrons. The lowest BCUT2D eigenvalue weighted by Crippen LogP contribution is -2.48. The third-order valence-corrected chi connectivity index (χ3v) is 5.31. The Hall–Kier alpha value is -4.44. The second kappa shape index (κ2) is 9.67. The zero-order valence-electron chi connectivity index (χ0n) is 18.1. The van der Waals surface area contributed by atoms with Gasteiger partial charge in [0.25, 0.3) is 0 Å². The number of alkyl halides is 2. The van der Waals surface area contributed by atoms with Crippen molar-refractivity contribution in [2.24, 2.45) is 0 Å². The number of rotatable bonds is 8. The van der Waals surface area contributed by atoms with Crippen LogP contribution in [0.25, 0.3) is 0 Å². The van der Waals surface area contributed by atoms with E-state index in [0.717, 1.165) is 41.5 Å². The molecule has 0 amide bonds. The molecule has 0 fully saturated rings. The number of halogens is 5. The Labute approximate surface area is 200 Å². The van der Waals surface area contributed by atoms with Gasteiger partial charge in [-0.15, -0.1) is 5.10 Å². The topological polar surface area (TPSA) is 110 Å². The summed E-state index contributed by atoms with van der Waals surface area (Å²) in [5.41, 5.74) is -4.88. The normalized spacial score (nSPS) is 13.1. The maximum atomic E-state index is 15.7. The SMILES string of the molecule is N#Cc1ccc(F)c(COc2ccc(C(F)(F)C(O)(Cn3cnnn3)c3ccc(F)cc3F)nc2)c1. The Morgan fingerprint density at radius 2 is 1.83 bits per heavy atom. The van der Waals surface area contributed by atoms with Gasteiger partial charge in [0.2, 0.25) is 0 Å². The Kier molecular flexibility index (Phi) is 6.63. The molecule has 4 rings (SSSR count). The average Bonchev–Trinajstić information content (AvgIpc) is 3.36. The van der Waals surface area contributed by atoms with E-state index in [-0.39, 0.29) is 23.5 Å². The number of nitrogens with zero attached hydrogens (tertiary/aromatic N) is 6. The average molecular weight is 502 g/mol. The molecule has 4 aromatic rings. The van der Waals surface area contributed by atoms with Crippen LogP contribution in [0.1, 0.15) is 22.4 Å². The third kappa shape index (κ3) is 4.71.